The summed E-state index contributed by atoms with van der Waals surface area (Å²) in [6, 6.07) is 17.6. The van der Waals surface area contributed by atoms with Crippen molar-refractivity contribution in [2.45, 2.75) is 175 Å². The third-order valence-electron chi connectivity index (χ3n) is 12.9. The molecule has 2 heterocycles. The number of benzene rings is 2. The summed E-state index contributed by atoms with van der Waals surface area (Å²) < 4.78 is 0. The molecular weight excluding hydrogens is 669 g/mol. The van der Waals surface area contributed by atoms with Crippen LogP contribution in [0.4, 0.5) is 0 Å². The average molecular weight is 743 g/mol. The maximum Gasteiger partial charge on any atom is 0.159 e. The number of aryl methyl sites for hydroxylation is 4. The van der Waals surface area contributed by atoms with Gasteiger partial charge >= 0.3 is 0 Å². The molecule has 4 aromatic rings. The van der Waals surface area contributed by atoms with Crippen LogP contribution in [0.5, 0.6) is 0 Å². The second kappa shape index (κ2) is 24.3. The summed E-state index contributed by atoms with van der Waals surface area (Å²) in [5.41, 5.74) is 7.66. The normalized spacial score (nSPS) is 19.8. The second-order valence-electron chi connectivity index (χ2n) is 17.2. The van der Waals surface area contributed by atoms with E-state index in [1.54, 1.807) is 0 Å². The predicted molar refractivity (Wildman–Crippen MR) is 234 cm³/mol. The van der Waals surface area contributed by atoms with Crippen LogP contribution in [0.3, 0.4) is 0 Å². The maximum atomic E-state index is 4.64. The van der Waals surface area contributed by atoms with Crippen LogP contribution in [0.1, 0.15) is 172 Å². The van der Waals surface area contributed by atoms with Crippen LogP contribution in [0.2, 0.25) is 0 Å². The van der Waals surface area contributed by atoms with Gasteiger partial charge in [-0.3, -0.25) is 0 Å². The molecule has 0 N–H and O–H groups in total. The number of rotatable bonds is 19. The Morgan fingerprint density at radius 1 is 0.382 bits per heavy atom. The Labute approximate surface area is 336 Å². The van der Waals surface area contributed by atoms with Gasteiger partial charge in [-0.25, -0.2) is 19.9 Å². The predicted octanol–water partition coefficient (Wildman–Crippen LogP) is 14.4. The van der Waals surface area contributed by atoms with Crippen molar-refractivity contribution in [3.63, 3.8) is 0 Å². The van der Waals surface area contributed by atoms with E-state index in [9.17, 15) is 0 Å². The van der Waals surface area contributed by atoms with E-state index in [-0.39, 0.29) is 0 Å². The zero-order valence-corrected chi connectivity index (χ0v) is 35.3. The van der Waals surface area contributed by atoms with E-state index in [1.807, 2.05) is 24.8 Å². The monoisotopic (exact) mass is 743 g/mol. The Hall–Kier alpha value is -3.40. The molecule has 6 rings (SSSR count). The third-order valence-corrected chi connectivity index (χ3v) is 12.9. The molecule has 55 heavy (non-hydrogen) atoms. The minimum absolute atomic E-state index is 0.849. The first-order valence-electron chi connectivity index (χ1n) is 22.9. The van der Waals surface area contributed by atoms with Crippen molar-refractivity contribution in [2.75, 3.05) is 0 Å². The third kappa shape index (κ3) is 14.9. The molecule has 2 fully saturated rings. The highest BCUT2D eigenvalue weighted by atomic mass is 14.9. The summed E-state index contributed by atoms with van der Waals surface area (Å²) in [6.07, 6.45) is 38.7. The van der Waals surface area contributed by atoms with E-state index in [0.717, 1.165) is 59.3 Å². The molecule has 2 saturated carbocycles. The fourth-order valence-electron chi connectivity index (χ4n) is 8.95. The molecular formula is C51H74N4. The SMILES string of the molecule is CCCCCc1ccc(-c2ncc(CCC3CCC(CC)CC3)cn2)cc1.CCCCCc1ccc(-c2ncc(CCC3CCC(CCC)CC3)cn2)cc1. The van der Waals surface area contributed by atoms with Crippen LogP contribution < -0.4 is 0 Å². The Kier molecular flexibility index (Phi) is 18.9. The van der Waals surface area contributed by atoms with Gasteiger partial charge in [-0.05, 0) is 97.3 Å². The molecule has 0 bridgehead atoms. The molecule has 0 aliphatic heterocycles. The van der Waals surface area contributed by atoms with Crippen LogP contribution in [-0.4, -0.2) is 19.9 Å². The van der Waals surface area contributed by atoms with Gasteiger partial charge in [0.25, 0.3) is 0 Å². The van der Waals surface area contributed by atoms with E-state index in [0.29, 0.717) is 0 Å². The standard InChI is InChI=1S/C26H38N2.C25H36N2/c1-3-5-6-8-22-15-17-25(18-16-22)26-27-19-24(20-28-26)14-13-23-11-9-21(7-4-2)10-12-23;1-3-5-6-7-21-14-16-24(17-15-21)25-26-18-23(19-27-25)13-12-22-10-8-20(4-2)9-11-22/h15-21,23H,3-14H2,1-2H3;14-20,22H,3-13H2,1-2H3. The zero-order chi connectivity index (χ0) is 38.5. The Balaban J connectivity index is 0.000000211. The smallest absolute Gasteiger partial charge is 0.159 e. The molecule has 2 aliphatic carbocycles. The van der Waals surface area contributed by atoms with E-state index in [1.165, 1.54) is 157 Å². The number of aromatic nitrogens is 4. The first-order chi connectivity index (χ1) is 27.1. The van der Waals surface area contributed by atoms with Gasteiger partial charge in [0, 0.05) is 35.9 Å². The van der Waals surface area contributed by atoms with Crippen molar-refractivity contribution in [1.82, 2.24) is 19.9 Å². The molecule has 0 spiro atoms. The lowest BCUT2D eigenvalue weighted by Crippen LogP contribution is -2.15. The molecule has 2 aromatic heterocycles. The summed E-state index contributed by atoms with van der Waals surface area (Å²) in [4.78, 5) is 18.6. The van der Waals surface area contributed by atoms with Crippen molar-refractivity contribution in [1.29, 1.82) is 0 Å². The first kappa shape index (κ1) is 42.7. The van der Waals surface area contributed by atoms with Crippen LogP contribution >= 0.6 is 0 Å². The largest absolute Gasteiger partial charge is 0.236 e. The number of hydrogen-bond donors (Lipinski definition) is 0. The van der Waals surface area contributed by atoms with Crippen molar-refractivity contribution in [3.8, 4) is 22.8 Å². The van der Waals surface area contributed by atoms with Crippen LogP contribution in [-0.2, 0) is 25.7 Å². The molecule has 298 valence electrons. The lowest BCUT2D eigenvalue weighted by Gasteiger charge is -2.28. The fourth-order valence-corrected chi connectivity index (χ4v) is 8.95. The molecule has 2 aliphatic rings. The van der Waals surface area contributed by atoms with Crippen molar-refractivity contribution in [2.24, 2.45) is 23.7 Å². The quantitative estimate of drug-likeness (QED) is 0.0898. The average Bonchev–Trinajstić information content (AvgIpc) is 3.24. The van der Waals surface area contributed by atoms with E-state index < -0.39 is 0 Å². The molecule has 0 atom stereocenters. The molecule has 0 amide bonds. The molecule has 2 aromatic carbocycles. The minimum Gasteiger partial charge on any atom is -0.236 e. The lowest BCUT2D eigenvalue weighted by molar-refractivity contribution is 0.252. The van der Waals surface area contributed by atoms with Gasteiger partial charge in [0.1, 0.15) is 0 Å². The van der Waals surface area contributed by atoms with E-state index >= 15 is 0 Å². The van der Waals surface area contributed by atoms with E-state index in [4.69, 9.17) is 0 Å². The van der Waals surface area contributed by atoms with Gasteiger partial charge in [-0.15, -0.1) is 0 Å². The zero-order valence-electron chi connectivity index (χ0n) is 35.3. The summed E-state index contributed by atoms with van der Waals surface area (Å²) in [6.45, 7) is 9.16. The summed E-state index contributed by atoms with van der Waals surface area (Å²) in [7, 11) is 0. The van der Waals surface area contributed by atoms with Gasteiger partial charge in [0.2, 0.25) is 0 Å². The topological polar surface area (TPSA) is 51.6 Å². The number of hydrogen-bond acceptors (Lipinski definition) is 4. The fraction of sp³-hybridized carbons (Fsp3) is 0.608. The van der Waals surface area contributed by atoms with Gasteiger partial charge < -0.3 is 0 Å². The first-order valence-corrected chi connectivity index (χ1v) is 22.9. The second-order valence-corrected chi connectivity index (χ2v) is 17.2. The highest BCUT2D eigenvalue weighted by Crippen LogP contribution is 2.34. The number of nitrogens with zero attached hydrogens (tertiary/aromatic N) is 4. The minimum atomic E-state index is 0.849. The molecule has 4 heteroatoms. The Bertz CT molecular complexity index is 1560. The highest BCUT2D eigenvalue weighted by Gasteiger charge is 2.21. The van der Waals surface area contributed by atoms with Crippen molar-refractivity contribution < 1.29 is 0 Å². The van der Waals surface area contributed by atoms with Gasteiger partial charge in [-0.2, -0.15) is 0 Å². The summed E-state index contributed by atoms with van der Waals surface area (Å²) >= 11 is 0. The van der Waals surface area contributed by atoms with Gasteiger partial charge in [0.15, 0.2) is 11.6 Å². The molecule has 4 nitrogen and oxygen atoms in total. The Morgan fingerprint density at radius 3 is 1.09 bits per heavy atom. The molecule has 0 saturated heterocycles. The van der Waals surface area contributed by atoms with Crippen LogP contribution in [0.15, 0.2) is 73.3 Å². The molecule has 0 radical (unpaired) electrons. The van der Waals surface area contributed by atoms with Gasteiger partial charge in [-0.1, -0.05) is 173 Å². The molecule has 0 unspecified atom stereocenters. The van der Waals surface area contributed by atoms with Crippen molar-refractivity contribution in [3.05, 3.63) is 95.6 Å². The van der Waals surface area contributed by atoms with Crippen molar-refractivity contribution >= 4 is 0 Å². The lowest BCUT2D eigenvalue weighted by atomic mass is 9.78. The Morgan fingerprint density at radius 2 is 0.745 bits per heavy atom. The number of unbranched alkanes of at least 4 members (excludes halogenated alkanes) is 4. The maximum absolute atomic E-state index is 4.64. The van der Waals surface area contributed by atoms with E-state index in [2.05, 4.69) is 96.2 Å². The van der Waals surface area contributed by atoms with Gasteiger partial charge in [0.05, 0.1) is 0 Å². The summed E-state index contributed by atoms with van der Waals surface area (Å²) in [5.74, 6) is 5.51. The van der Waals surface area contributed by atoms with Crippen LogP contribution in [0, 0.1) is 23.7 Å². The summed E-state index contributed by atoms with van der Waals surface area (Å²) in [5, 5.41) is 0. The van der Waals surface area contributed by atoms with Crippen LogP contribution in [0.25, 0.3) is 22.8 Å². The highest BCUT2D eigenvalue weighted by molar-refractivity contribution is 5.56.